The highest BCUT2D eigenvalue weighted by atomic mass is 35.5. The quantitative estimate of drug-likeness (QED) is 0.476. The van der Waals surface area contributed by atoms with Crippen LogP contribution in [0.3, 0.4) is 0 Å². The minimum atomic E-state index is -0.0175. The highest BCUT2D eigenvalue weighted by Gasteiger charge is 2.40. The molecule has 0 saturated heterocycles. The number of anilines is 3. The molecule has 0 aromatic carbocycles. The van der Waals surface area contributed by atoms with Crippen molar-refractivity contribution in [3.05, 3.63) is 5.15 Å². The lowest BCUT2D eigenvalue weighted by molar-refractivity contribution is 0.0326. The molecule has 1 aromatic heterocycles. The SMILES string of the molecule is Nc1nc(NC2CC(CO)C2CO)nc(Cl)c1N. The Morgan fingerprint density at radius 1 is 1.28 bits per heavy atom. The number of hydrogen-bond acceptors (Lipinski definition) is 7. The zero-order chi connectivity index (χ0) is 13.3. The maximum absolute atomic E-state index is 9.23. The molecule has 0 bridgehead atoms. The second kappa shape index (κ2) is 5.13. The Kier molecular flexibility index (Phi) is 3.74. The van der Waals surface area contributed by atoms with Crippen LogP contribution in [0.5, 0.6) is 0 Å². The molecule has 1 saturated carbocycles. The van der Waals surface area contributed by atoms with Crippen LogP contribution in [-0.4, -0.2) is 39.4 Å². The van der Waals surface area contributed by atoms with E-state index in [4.69, 9.17) is 28.2 Å². The summed E-state index contributed by atoms with van der Waals surface area (Å²) in [6, 6.07) is 0.00578. The monoisotopic (exact) mass is 273 g/mol. The third-order valence-electron chi connectivity index (χ3n) is 3.37. The van der Waals surface area contributed by atoms with Crippen LogP contribution in [0, 0.1) is 11.8 Å². The number of nitrogens with zero attached hydrogens (tertiary/aromatic N) is 2. The standard InChI is InChI=1S/C10H16ClN5O2/c11-8-7(12)9(13)16-10(15-8)14-6-1-4(2-17)5(6)3-18/h4-6,17-18H,1-3,12H2,(H3,13,14,15,16). The zero-order valence-electron chi connectivity index (χ0n) is 9.67. The first-order chi connectivity index (χ1) is 8.56. The number of nitrogens with one attached hydrogen (secondary N) is 1. The van der Waals surface area contributed by atoms with Crippen molar-refractivity contribution in [1.82, 2.24) is 9.97 Å². The topological polar surface area (TPSA) is 130 Å². The van der Waals surface area contributed by atoms with Crippen LogP contribution in [0.15, 0.2) is 0 Å². The summed E-state index contributed by atoms with van der Waals surface area (Å²) < 4.78 is 0. The van der Waals surface area contributed by atoms with Gasteiger partial charge in [0.1, 0.15) is 5.69 Å². The predicted octanol–water partition coefficient (Wildman–Crippen LogP) is -0.304. The summed E-state index contributed by atoms with van der Waals surface area (Å²) in [6.45, 7) is 0.0655. The van der Waals surface area contributed by atoms with E-state index >= 15 is 0 Å². The van der Waals surface area contributed by atoms with Gasteiger partial charge in [-0.05, 0) is 12.3 Å². The molecule has 3 atom stereocenters. The highest BCUT2D eigenvalue weighted by Crippen LogP contribution is 2.36. The van der Waals surface area contributed by atoms with Crippen molar-refractivity contribution in [3.8, 4) is 0 Å². The Hall–Kier alpha value is -1.31. The third kappa shape index (κ3) is 2.29. The van der Waals surface area contributed by atoms with E-state index in [0.29, 0.717) is 0 Å². The molecule has 1 aliphatic carbocycles. The minimum absolute atomic E-state index is 0.00107. The molecule has 7 N–H and O–H groups in total. The van der Waals surface area contributed by atoms with Crippen molar-refractivity contribution in [2.75, 3.05) is 30.0 Å². The van der Waals surface area contributed by atoms with Crippen LogP contribution in [0.4, 0.5) is 17.5 Å². The average molecular weight is 274 g/mol. The Morgan fingerprint density at radius 3 is 2.56 bits per heavy atom. The van der Waals surface area contributed by atoms with Gasteiger partial charge >= 0.3 is 0 Å². The van der Waals surface area contributed by atoms with E-state index in [2.05, 4.69) is 15.3 Å². The van der Waals surface area contributed by atoms with E-state index in [9.17, 15) is 5.11 Å². The number of aliphatic hydroxyl groups excluding tert-OH is 2. The number of nitrogens with two attached hydrogens (primary N) is 2. The summed E-state index contributed by atoms with van der Waals surface area (Å²) in [5, 5.41) is 21.4. The normalized spacial score (nSPS) is 26.7. The summed E-state index contributed by atoms with van der Waals surface area (Å²) in [6.07, 6.45) is 0.743. The lowest BCUT2D eigenvalue weighted by Gasteiger charge is -2.43. The first-order valence-corrected chi connectivity index (χ1v) is 6.01. The van der Waals surface area contributed by atoms with Gasteiger partial charge in [0.2, 0.25) is 5.95 Å². The summed E-state index contributed by atoms with van der Waals surface area (Å²) in [4.78, 5) is 7.95. The Morgan fingerprint density at radius 2 is 2.00 bits per heavy atom. The summed E-state index contributed by atoms with van der Waals surface area (Å²) in [7, 11) is 0. The number of hydrogen-bond donors (Lipinski definition) is 5. The van der Waals surface area contributed by atoms with Crippen LogP contribution in [0.1, 0.15) is 6.42 Å². The smallest absolute Gasteiger partial charge is 0.226 e. The largest absolute Gasteiger partial charge is 0.396 e. The number of halogens is 1. The van der Waals surface area contributed by atoms with E-state index in [0.717, 1.165) is 6.42 Å². The van der Waals surface area contributed by atoms with Gasteiger partial charge in [-0.2, -0.15) is 9.97 Å². The van der Waals surface area contributed by atoms with Crippen LogP contribution in [0.25, 0.3) is 0 Å². The molecule has 0 aliphatic heterocycles. The van der Waals surface area contributed by atoms with Crippen LogP contribution in [-0.2, 0) is 0 Å². The van der Waals surface area contributed by atoms with E-state index in [1.54, 1.807) is 0 Å². The molecular formula is C10H16ClN5O2. The molecule has 0 radical (unpaired) electrons. The molecule has 1 fully saturated rings. The number of nitrogen functional groups attached to an aromatic ring is 2. The first kappa shape index (κ1) is 13.1. The predicted molar refractivity (Wildman–Crippen MR) is 69.0 cm³/mol. The molecule has 100 valence electrons. The summed E-state index contributed by atoms with van der Waals surface area (Å²) in [5.74, 6) is 0.493. The van der Waals surface area contributed by atoms with E-state index in [1.807, 2.05) is 0 Å². The van der Waals surface area contributed by atoms with Gasteiger partial charge in [0.05, 0.1) is 0 Å². The number of rotatable bonds is 4. The van der Waals surface area contributed by atoms with Gasteiger partial charge < -0.3 is 27.0 Å². The van der Waals surface area contributed by atoms with Gasteiger partial charge in [-0.15, -0.1) is 0 Å². The maximum atomic E-state index is 9.23. The van der Waals surface area contributed by atoms with Gasteiger partial charge in [0.25, 0.3) is 0 Å². The van der Waals surface area contributed by atoms with Crippen molar-refractivity contribution in [2.45, 2.75) is 12.5 Å². The van der Waals surface area contributed by atoms with Crippen molar-refractivity contribution in [1.29, 1.82) is 0 Å². The molecule has 0 amide bonds. The Labute approximate surface area is 109 Å². The molecule has 8 heteroatoms. The Balaban J connectivity index is 2.07. The van der Waals surface area contributed by atoms with Crippen molar-refractivity contribution in [2.24, 2.45) is 11.8 Å². The fourth-order valence-corrected chi connectivity index (χ4v) is 2.33. The third-order valence-corrected chi connectivity index (χ3v) is 3.66. The van der Waals surface area contributed by atoms with Gasteiger partial charge in [-0.1, -0.05) is 11.6 Å². The van der Waals surface area contributed by atoms with Crippen molar-refractivity contribution >= 4 is 29.1 Å². The van der Waals surface area contributed by atoms with Gasteiger partial charge in [-0.25, -0.2) is 0 Å². The maximum Gasteiger partial charge on any atom is 0.226 e. The fourth-order valence-electron chi connectivity index (χ4n) is 2.15. The first-order valence-electron chi connectivity index (χ1n) is 5.63. The van der Waals surface area contributed by atoms with Gasteiger partial charge in [0, 0.05) is 25.2 Å². The fraction of sp³-hybridized carbons (Fsp3) is 0.600. The molecule has 0 spiro atoms. The van der Waals surface area contributed by atoms with E-state index in [1.165, 1.54) is 0 Å². The molecule has 7 nitrogen and oxygen atoms in total. The number of aliphatic hydroxyl groups is 2. The lowest BCUT2D eigenvalue weighted by Crippen LogP contribution is -2.50. The molecule has 3 unspecified atom stereocenters. The summed E-state index contributed by atoms with van der Waals surface area (Å²) >= 11 is 5.80. The zero-order valence-corrected chi connectivity index (χ0v) is 10.4. The second-order valence-corrected chi connectivity index (χ2v) is 4.77. The van der Waals surface area contributed by atoms with Crippen LogP contribution < -0.4 is 16.8 Å². The van der Waals surface area contributed by atoms with Crippen LogP contribution in [0.2, 0.25) is 5.15 Å². The molecule has 2 rings (SSSR count). The second-order valence-electron chi connectivity index (χ2n) is 4.41. The molecule has 1 aromatic rings. The van der Waals surface area contributed by atoms with E-state index < -0.39 is 0 Å². The molecule has 1 heterocycles. The molecular weight excluding hydrogens is 258 g/mol. The van der Waals surface area contributed by atoms with Gasteiger partial charge in [-0.3, -0.25) is 0 Å². The molecule has 1 aliphatic rings. The van der Waals surface area contributed by atoms with Crippen molar-refractivity contribution < 1.29 is 10.2 Å². The van der Waals surface area contributed by atoms with Crippen LogP contribution >= 0.6 is 11.6 Å². The van der Waals surface area contributed by atoms with E-state index in [-0.39, 0.29) is 53.7 Å². The average Bonchev–Trinajstić information content (AvgIpc) is 2.31. The van der Waals surface area contributed by atoms with Gasteiger partial charge in [0.15, 0.2) is 11.0 Å². The highest BCUT2D eigenvalue weighted by molar-refractivity contribution is 6.32. The summed E-state index contributed by atoms with van der Waals surface area (Å²) in [5.41, 5.74) is 11.3. The number of aromatic nitrogens is 2. The van der Waals surface area contributed by atoms with Crippen molar-refractivity contribution in [3.63, 3.8) is 0 Å². The minimum Gasteiger partial charge on any atom is -0.396 e. The molecule has 18 heavy (non-hydrogen) atoms. The Bertz CT molecular complexity index is 421. The lowest BCUT2D eigenvalue weighted by atomic mass is 9.70.